The van der Waals surface area contributed by atoms with Gasteiger partial charge in [0.1, 0.15) is 5.82 Å². The molecular weight excluding hydrogens is 253 g/mol. The zero-order valence-electron chi connectivity index (χ0n) is 11.4. The third-order valence-corrected chi connectivity index (χ3v) is 3.15. The predicted octanol–water partition coefficient (Wildman–Crippen LogP) is 4.83. The Morgan fingerprint density at radius 1 is 1.05 bits per heavy atom. The van der Waals surface area contributed by atoms with Gasteiger partial charge in [-0.2, -0.15) is 13.2 Å². The minimum atomic E-state index is -4.34. The van der Waals surface area contributed by atoms with Gasteiger partial charge in [-0.25, -0.2) is 4.98 Å². The third-order valence-electron chi connectivity index (χ3n) is 3.15. The molecule has 0 atom stereocenters. The molecule has 1 heterocycles. The molecule has 1 aromatic carbocycles. The molecule has 1 aromatic heterocycles. The Labute approximate surface area is 110 Å². The minimum absolute atomic E-state index is 0.157. The number of alkyl halides is 3. The first kappa shape index (κ1) is 13.9. The molecule has 2 rings (SSSR count). The number of fused-ring (bicyclic) bond motifs is 1. The highest BCUT2D eigenvalue weighted by Gasteiger charge is 2.34. The Bertz CT molecular complexity index is 594. The van der Waals surface area contributed by atoms with Crippen LogP contribution in [0.4, 0.5) is 13.2 Å². The molecule has 0 fully saturated rings. The normalized spacial score (nSPS) is 12.9. The quantitative estimate of drug-likeness (QED) is 0.832. The lowest BCUT2D eigenvalue weighted by atomic mass is 9.96. The molecule has 5 heteroatoms. The van der Waals surface area contributed by atoms with Gasteiger partial charge in [0.2, 0.25) is 0 Å². The zero-order valence-corrected chi connectivity index (χ0v) is 11.4. The van der Waals surface area contributed by atoms with Gasteiger partial charge in [-0.3, -0.25) is 0 Å². The lowest BCUT2D eigenvalue weighted by Crippen LogP contribution is -2.10. The smallest absolute Gasteiger partial charge is 0.342 e. The predicted molar refractivity (Wildman–Crippen MR) is 69.3 cm³/mol. The number of aromatic amines is 1. The van der Waals surface area contributed by atoms with E-state index in [0.29, 0.717) is 22.4 Å². The maximum atomic E-state index is 13.1. The summed E-state index contributed by atoms with van der Waals surface area (Å²) in [6.45, 7) is 7.42. The average Bonchev–Trinajstić information content (AvgIpc) is 2.68. The van der Waals surface area contributed by atoms with E-state index in [1.165, 1.54) is 0 Å². The molecule has 0 bridgehead atoms. The van der Waals surface area contributed by atoms with Crippen LogP contribution in [0.1, 0.15) is 56.5 Å². The molecule has 0 unspecified atom stereocenters. The van der Waals surface area contributed by atoms with E-state index in [2.05, 4.69) is 9.97 Å². The highest BCUT2D eigenvalue weighted by atomic mass is 19.4. The first-order valence-electron chi connectivity index (χ1n) is 6.31. The third kappa shape index (κ3) is 2.60. The molecule has 2 aromatic rings. The van der Waals surface area contributed by atoms with Crippen molar-refractivity contribution in [2.24, 2.45) is 0 Å². The summed E-state index contributed by atoms with van der Waals surface area (Å²) in [5, 5.41) is 0. The number of hydrogen-bond acceptors (Lipinski definition) is 1. The van der Waals surface area contributed by atoms with Gasteiger partial charge in [0, 0.05) is 5.92 Å². The molecule has 19 heavy (non-hydrogen) atoms. The summed E-state index contributed by atoms with van der Waals surface area (Å²) in [6, 6.07) is 2.72. The number of aromatic nitrogens is 2. The highest BCUT2D eigenvalue weighted by molar-refractivity contribution is 5.77. The van der Waals surface area contributed by atoms with Crippen LogP contribution in [0.5, 0.6) is 0 Å². The largest absolute Gasteiger partial charge is 0.416 e. The van der Waals surface area contributed by atoms with Crippen molar-refractivity contribution in [1.29, 1.82) is 0 Å². The number of imidazole rings is 1. The Morgan fingerprint density at radius 3 is 2.16 bits per heavy atom. The van der Waals surface area contributed by atoms with Crippen molar-refractivity contribution < 1.29 is 13.2 Å². The van der Waals surface area contributed by atoms with E-state index in [4.69, 9.17) is 0 Å². The van der Waals surface area contributed by atoms with E-state index in [-0.39, 0.29) is 11.8 Å². The summed E-state index contributed by atoms with van der Waals surface area (Å²) < 4.78 is 39.2. The summed E-state index contributed by atoms with van der Waals surface area (Å²) in [4.78, 5) is 7.32. The molecule has 0 amide bonds. The van der Waals surface area contributed by atoms with Crippen LogP contribution >= 0.6 is 0 Å². The zero-order chi connectivity index (χ0) is 14.4. The van der Waals surface area contributed by atoms with Gasteiger partial charge < -0.3 is 4.98 Å². The molecular formula is C14H17F3N2. The van der Waals surface area contributed by atoms with E-state index < -0.39 is 11.7 Å². The van der Waals surface area contributed by atoms with Crippen LogP contribution in [0, 0.1) is 0 Å². The van der Waals surface area contributed by atoms with E-state index in [0.717, 1.165) is 6.07 Å². The van der Waals surface area contributed by atoms with Crippen molar-refractivity contribution in [3.05, 3.63) is 29.1 Å². The highest BCUT2D eigenvalue weighted by Crippen LogP contribution is 2.37. The molecule has 0 aliphatic rings. The number of benzene rings is 1. The van der Waals surface area contributed by atoms with Gasteiger partial charge in [-0.05, 0) is 23.6 Å². The van der Waals surface area contributed by atoms with Crippen molar-refractivity contribution >= 4 is 11.0 Å². The second-order valence-corrected chi connectivity index (χ2v) is 5.39. The Balaban J connectivity index is 2.70. The fourth-order valence-electron chi connectivity index (χ4n) is 2.09. The average molecular weight is 270 g/mol. The molecule has 0 spiro atoms. The van der Waals surface area contributed by atoms with Crippen LogP contribution in [0.3, 0.4) is 0 Å². The Hall–Kier alpha value is -1.52. The summed E-state index contributed by atoms with van der Waals surface area (Å²) in [5.41, 5.74) is 0.761. The molecule has 0 aliphatic heterocycles. The maximum absolute atomic E-state index is 13.1. The first-order chi connectivity index (χ1) is 8.70. The van der Waals surface area contributed by atoms with Crippen molar-refractivity contribution in [2.45, 2.75) is 45.7 Å². The van der Waals surface area contributed by atoms with Gasteiger partial charge in [0.25, 0.3) is 0 Å². The number of halogens is 3. The number of nitrogens with zero attached hydrogens (tertiary/aromatic N) is 1. The monoisotopic (exact) mass is 270 g/mol. The summed E-state index contributed by atoms with van der Waals surface area (Å²) in [6.07, 6.45) is -4.34. The van der Waals surface area contributed by atoms with Gasteiger partial charge in [-0.1, -0.05) is 27.7 Å². The lowest BCUT2D eigenvalue weighted by molar-refractivity contribution is -0.138. The first-order valence-corrected chi connectivity index (χ1v) is 6.31. The SMILES string of the molecule is CC(C)c1nc2cc(C(F)(F)F)c(C(C)C)cc2[nH]1. The van der Waals surface area contributed by atoms with Gasteiger partial charge >= 0.3 is 6.18 Å². The number of rotatable bonds is 2. The van der Waals surface area contributed by atoms with Crippen molar-refractivity contribution in [3.63, 3.8) is 0 Å². The van der Waals surface area contributed by atoms with Crippen LogP contribution in [0.2, 0.25) is 0 Å². The fraction of sp³-hybridized carbons (Fsp3) is 0.500. The molecule has 2 nitrogen and oxygen atoms in total. The number of nitrogens with one attached hydrogen (secondary N) is 1. The van der Waals surface area contributed by atoms with E-state index in [1.54, 1.807) is 19.9 Å². The standard InChI is InChI=1S/C14H17F3N2/c1-7(2)9-5-11-12(6-10(9)14(15,16)17)19-13(18-11)8(3)4/h5-8H,1-4H3,(H,18,19). The second-order valence-electron chi connectivity index (χ2n) is 5.39. The molecule has 1 N–H and O–H groups in total. The summed E-state index contributed by atoms with van der Waals surface area (Å²) in [7, 11) is 0. The number of H-pyrrole nitrogens is 1. The molecule has 104 valence electrons. The van der Waals surface area contributed by atoms with Crippen LogP contribution < -0.4 is 0 Å². The van der Waals surface area contributed by atoms with Crippen LogP contribution in [-0.4, -0.2) is 9.97 Å². The fourth-order valence-corrected chi connectivity index (χ4v) is 2.09. The van der Waals surface area contributed by atoms with E-state index in [1.807, 2.05) is 13.8 Å². The van der Waals surface area contributed by atoms with Gasteiger partial charge in [0.05, 0.1) is 16.6 Å². The maximum Gasteiger partial charge on any atom is 0.416 e. The van der Waals surface area contributed by atoms with Crippen molar-refractivity contribution in [2.75, 3.05) is 0 Å². The lowest BCUT2D eigenvalue weighted by Gasteiger charge is -2.15. The van der Waals surface area contributed by atoms with E-state index in [9.17, 15) is 13.2 Å². The molecule has 0 saturated carbocycles. The van der Waals surface area contributed by atoms with Crippen LogP contribution in [-0.2, 0) is 6.18 Å². The topological polar surface area (TPSA) is 28.7 Å². The van der Waals surface area contributed by atoms with Gasteiger partial charge in [0.15, 0.2) is 0 Å². The summed E-state index contributed by atoms with van der Waals surface area (Å²) in [5.74, 6) is 0.681. The van der Waals surface area contributed by atoms with Gasteiger partial charge in [-0.15, -0.1) is 0 Å². The number of hydrogen-bond donors (Lipinski definition) is 1. The van der Waals surface area contributed by atoms with E-state index >= 15 is 0 Å². The van der Waals surface area contributed by atoms with Crippen molar-refractivity contribution in [3.8, 4) is 0 Å². The summed E-state index contributed by atoms with van der Waals surface area (Å²) >= 11 is 0. The van der Waals surface area contributed by atoms with Crippen LogP contribution in [0.15, 0.2) is 12.1 Å². The second kappa shape index (κ2) is 4.54. The molecule has 0 radical (unpaired) electrons. The molecule has 0 aliphatic carbocycles. The molecule has 0 saturated heterocycles. The van der Waals surface area contributed by atoms with Crippen molar-refractivity contribution in [1.82, 2.24) is 9.97 Å². The minimum Gasteiger partial charge on any atom is -0.342 e. The Morgan fingerprint density at radius 2 is 1.68 bits per heavy atom. The van der Waals surface area contributed by atoms with Crippen LogP contribution in [0.25, 0.3) is 11.0 Å². The Kier molecular flexibility index (Phi) is 3.32.